The Kier molecular flexibility index (Phi) is 4.39. The highest BCUT2D eigenvalue weighted by Gasteiger charge is 2.25. The predicted molar refractivity (Wildman–Crippen MR) is 78.5 cm³/mol. The molecule has 0 amide bonds. The maximum absolute atomic E-state index is 11.2. The van der Waals surface area contributed by atoms with Crippen molar-refractivity contribution in [3.05, 3.63) is 5.56 Å². The Bertz CT molecular complexity index is 653. The number of piperidine rings is 1. The second-order valence-electron chi connectivity index (χ2n) is 5.27. The molecule has 0 bridgehead atoms. The average molecular weight is 313 g/mol. The molecule has 1 saturated heterocycles. The van der Waals surface area contributed by atoms with Gasteiger partial charge < -0.3 is 15.7 Å². The van der Waals surface area contributed by atoms with Crippen LogP contribution < -0.4 is 10.6 Å². The zero-order valence-electron chi connectivity index (χ0n) is 11.9. The number of nitrogen functional groups attached to an aromatic ring is 1. The summed E-state index contributed by atoms with van der Waals surface area (Å²) in [5.41, 5.74) is 6.15. The van der Waals surface area contributed by atoms with Crippen molar-refractivity contribution in [2.75, 3.05) is 35.7 Å². The van der Waals surface area contributed by atoms with Crippen LogP contribution in [0, 0.1) is 11.3 Å². The van der Waals surface area contributed by atoms with Gasteiger partial charge in [0.05, 0.1) is 18.4 Å². The smallest absolute Gasteiger partial charge is 0.170 e. The molecule has 0 radical (unpaired) electrons. The lowest BCUT2D eigenvalue weighted by Crippen LogP contribution is -2.36. The van der Waals surface area contributed by atoms with Gasteiger partial charge in [-0.3, -0.25) is 0 Å². The van der Waals surface area contributed by atoms with Gasteiger partial charge in [-0.2, -0.15) is 10.4 Å². The fourth-order valence-electron chi connectivity index (χ4n) is 2.29. The van der Waals surface area contributed by atoms with E-state index < -0.39 is 9.84 Å². The minimum atomic E-state index is -3.13. The van der Waals surface area contributed by atoms with Gasteiger partial charge in [0.25, 0.3) is 0 Å². The van der Waals surface area contributed by atoms with Gasteiger partial charge in [-0.05, 0) is 12.8 Å². The number of aliphatic hydroxyl groups is 1. The number of aryl methyl sites for hydroxylation is 1. The normalized spacial score (nSPS) is 16.9. The van der Waals surface area contributed by atoms with Crippen molar-refractivity contribution in [3.63, 3.8) is 0 Å². The number of aromatic nitrogens is 2. The van der Waals surface area contributed by atoms with Gasteiger partial charge in [0.1, 0.15) is 27.3 Å². The van der Waals surface area contributed by atoms with Crippen LogP contribution in [0.15, 0.2) is 0 Å². The fraction of sp³-hybridized carbons (Fsp3) is 0.667. The monoisotopic (exact) mass is 313 g/mol. The van der Waals surface area contributed by atoms with Crippen molar-refractivity contribution in [1.29, 1.82) is 5.26 Å². The van der Waals surface area contributed by atoms with E-state index in [2.05, 4.69) is 5.10 Å². The van der Waals surface area contributed by atoms with E-state index in [-0.39, 0.29) is 29.8 Å². The number of nitrogens with zero attached hydrogens (tertiary/aromatic N) is 4. The fourth-order valence-corrected chi connectivity index (χ4v) is 2.80. The highest BCUT2D eigenvalue weighted by Crippen LogP contribution is 2.27. The molecule has 116 valence electrons. The molecule has 2 heterocycles. The molecule has 0 aromatic carbocycles. The first-order chi connectivity index (χ1) is 9.81. The zero-order chi connectivity index (χ0) is 15.6. The summed E-state index contributed by atoms with van der Waals surface area (Å²) in [5.74, 6) is 0.569. The van der Waals surface area contributed by atoms with Crippen molar-refractivity contribution in [1.82, 2.24) is 9.78 Å². The molecule has 0 atom stereocenters. The molecule has 0 unspecified atom stereocenters. The molecule has 21 heavy (non-hydrogen) atoms. The molecular formula is C12H19N5O3S. The number of nitrogens with two attached hydrogens (primary N) is 1. The van der Waals surface area contributed by atoms with Crippen LogP contribution in [0.1, 0.15) is 18.4 Å². The van der Waals surface area contributed by atoms with E-state index in [1.807, 2.05) is 11.0 Å². The SMILES string of the molecule is CS(=O)(=O)CCn1nc(N2CCC(O)CC2)c(C#N)c1N. The number of sulfone groups is 1. The Morgan fingerprint density at radius 3 is 2.62 bits per heavy atom. The summed E-state index contributed by atoms with van der Waals surface area (Å²) in [7, 11) is -3.13. The summed E-state index contributed by atoms with van der Waals surface area (Å²) in [6.45, 7) is 1.31. The molecule has 1 fully saturated rings. The summed E-state index contributed by atoms with van der Waals surface area (Å²) in [6.07, 6.45) is 2.05. The first kappa shape index (κ1) is 15.6. The maximum atomic E-state index is 11.2. The van der Waals surface area contributed by atoms with Crippen LogP contribution in [0.4, 0.5) is 11.6 Å². The summed E-state index contributed by atoms with van der Waals surface area (Å²) in [5, 5.41) is 23.1. The van der Waals surface area contributed by atoms with Crippen LogP contribution in [0.2, 0.25) is 0 Å². The molecule has 8 nitrogen and oxygen atoms in total. The van der Waals surface area contributed by atoms with Gasteiger partial charge in [0.2, 0.25) is 0 Å². The minimum absolute atomic E-state index is 0.0814. The quantitative estimate of drug-likeness (QED) is 0.756. The summed E-state index contributed by atoms with van der Waals surface area (Å²) < 4.78 is 23.8. The largest absolute Gasteiger partial charge is 0.393 e. The van der Waals surface area contributed by atoms with Gasteiger partial charge >= 0.3 is 0 Å². The Morgan fingerprint density at radius 2 is 2.10 bits per heavy atom. The van der Waals surface area contributed by atoms with E-state index in [9.17, 15) is 18.8 Å². The van der Waals surface area contributed by atoms with Crippen LogP contribution in [-0.4, -0.2) is 54.5 Å². The van der Waals surface area contributed by atoms with Crippen LogP contribution in [0.3, 0.4) is 0 Å². The van der Waals surface area contributed by atoms with E-state index >= 15 is 0 Å². The highest BCUT2D eigenvalue weighted by molar-refractivity contribution is 7.90. The van der Waals surface area contributed by atoms with Crippen molar-refractivity contribution in [3.8, 4) is 6.07 Å². The maximum Gasteiger partial charge on any atom is 0.170 e. The molecule has 1 aliphatic heterocycles. The third kappa shape index (κ3) is 3.65. The molecule has 2 rings (SSSR count). The molecule has 9 heteroatoms. The van der Waals surface area contributed by atoms with Crippen molar-refractivity contribution >= 4 is 21.5 Å². The third-order valence-corrected chi connectivity index (χ3v) is 4.45. The van der Waals surface area contributed by atoms with Crippen molar-refractivity contribution in [2.45, 2.75) is 25.5 Å². The molecular weight excluding hydrogens is 294 g/mol. The lowest BCUT2D eigenvalue weighted by Gasteiger charge is -2.29. The van der Waals surface area contributed by atoms with Gasteiger partial charge in [0, 0.05) is 19.3 Å². The van der Waals surface area contributed by atoms with E-state index in [1.165, 1.54) is 4.68 Å². The first-order valence-electron chi connectivity index (χ1n) is 6.69. The molecule has 1 aliphatic rings. The van der Waals surface area contributed by atoms with Crippen LogP contribution in [0.25, 0.3) is 0 Å². The Morgan fingerprint density at radius 1 is 1.48 bits per heavy atom. The van der Waals surface area contributed by atoms with Gasteiger partial charge in [-0.1, -0.05) is 0 Å². The Labute approximate surface area is 123 Å². The molecule has 1 aromatic heterocycles. The molecule has 0 saturated carbocycles. The average Bonchev–Trinajstić information content (AvgIpc) is 2.73. The van der Waals surface area contributed by atoms with Crippen LogP contribution in [0.5, 0.6) is 0 Å². The number of rotatable bonds is 4. The van der Waals surface area contributed by atoms with Crippen molar-refractivity contribution in [2.24, 2.45) is 0 Å². The van der Waals surface area contributed by atoms with E-state index in [0.29, 0.717) is 31.7 Å². The number of nitriles is 1. The first-order valence-corrected chi connectivity index (χ1v) is 8.75. The number of hydrogen-bond donors (Lipinski definition) is 2. The Balaban J connectivity index is 2.24. The van der Waals surface area contributed by atoms with E-state index in [0.717, 1.165) is 6.26 Å². The lowest BCUT2D eigenvalue weighted by molar-refractivity contribution is 0.145. The molecule has 1 aromatic rings. The van der Waals surface area contributed by atoms with E-state index in [1.54, 1.807) is 0 Å². The minimum Gasteiger partial charge on any atom is -0.393 e. The van der Waals surface area contributed by atoms with Gasteiger partial charge in [-0.25, -0.2) is 13.1 Å². The zero-order valence-corrected chi connectivity index (χ0v) is 12.7. The highest BCUT2D eigenvalue weighted by atomic mass is 32.2. The summed E-state index contributed by atoms with van der Waals surface area (Å²) in [6, 6.07) is 2.03. The van der Waals surface area contributed by atoms with Crippen LogP contribution >= 0.6 is 0 Å². The van der Waals surface area contributed by atoms with Gasteiger partial charge in [-0.15, -0.1) is 0 Å². The second kappa shape index (κ2) is 5.91. The Hall–Kier alpha value is -1.79. The summed E-state index contributed by atoms with van der Waals surface area (Å²) >= 11 is 0. The number of anilines is 2. The third-order valence-electron chi connectivity index (χ3n) is 3.52. The standard InChI is InChI=1S/C12H19N5O3S/c1-21(19,20)7-6-17-11(14)10(8-13)12(15-17)16-4-2-9(18)3-5-16/h9,18H,2-7,14H2,1H3. The topological polar surface area (TPSA) is 125 Å². The predicted octanol–water partition coefficient (Wildman–Crippen LogP) is -0.657. The van der Waals surface area contributed by atoms with Crippen LogP contribution in [-0.2, 0) is 16.4 Å². The summed E-state index contributed by atoms with van der Waals surface area (Å²) in [4.78, 5) is 1.90. The van der Waals surface area contributed by atoms with Gasteiger partial charge in [0.15, 0.2) is 5.82 Å². The van der Waals surface area contributed by atoms with Crippen molar-refractivity contribution < 1.29 is 13.5 Å². The molecule has 3 N–H and O–H groups in total. The van der Waals surface area contributed by atoms with E-state index in [4.69, 9.17) is 5.73 Å². The number of hydrogen-bond acceptors (Lipinski definition) is 7. The molecule has 0 spiro atoms. The lowest BCUT2D eigenvalue weighted by atomic mass is 10.1. The number of aliphatic hydroxyl groups excluding tert-OH is 1. The second-order valence-corrected chi connectivity index (χ2v) is 7.53. The molecule has 0 aliphatic carbocycles.